The van der Waals surface area contributed by atoms with Crippen LogP contribution in [0.5, 0.6) is 0 Å². The molecule has 3 rings (SSSR count). The van der Waals surface area contributed by atoms with Crippen LogP contribution in [0.2, 0.25) is 5.02 Å². The highest BCUT2D eigenvalue weighted by Crippen LogP contribution is 2.27. The van der Waals surface area contributed by atoms with Crippen LogP contribution in [0.3, 0.4) is 0 Å². The number of nitrogen functional groups attached to an aromatic ring is 1. The summed E-state index contributed by atoms with van der Waals surface area (Å²) < 4.78 is 6.19. The number of methoxy groups -OCH3 is 1. The van der Waals surface area contributed by atoms with Gasteiger partial charge >= 0.3 is 5.97 Å². The van der Waals surface area contributed by atoms with Gasteiger partial charge in [-0.25, -0.2) is 4.79 Å². The SMILES string of the molecule is COC(=O)c1c(N)c(C#N)cn1-c1ccccc1C(=O)c1ccc(Cl)cc1. The molecular formula is C20H14ClN3O3. The van der Waals surface area contributed by atoms with E-state index in [9.17, 15) is 14.9 Å². The second-order valence-electron chi connectivity index (χ2n) is 5.63. The third kappa shape index (κ3) is 3.28. The Morgan fingerprint density at radius 3 is 2.44 bits per heavy atom. The third-order valence-corrected chi connectivity index (χ3v) is 4.31. The van der Waals surface area contributed by atoms with E-state index in [1.165, 1.54) is 17.9 Å². The van der Waals surface area contributed by atoms with Gasteiger partial charge in [-0.15, -0.1) is 0 Å². The van der Waals surface area contributed by atoms with Crippen molar-refractivity contribution >= 4 is 29.0 Å². The molecule has 7 heteroatoms. The number of halogens is 1. The molecule has 0 fully saturated rings. The van der Waals surface area contributed by atoms with Gasteiger partial charge in [0.15, 0.2) is 11.5 Å². The minimum Gasteiger partial charge on any atom is -0.464 e. The van der Waals surface area contributed by atoms with Gasteiger partial charge in [0.1, 0.15) is 6.07 Å². The Morgan fingerprint density at radius 2 is 1.81 bits per heavy atom. The largest absolute Gasteiger partial charge is 0.464 e. The van der Waals surface area contributed by atoms with Crippen molar-refractivity contribution in [3.8, 4) is 11.8 Å². The van der Waals surface area contributed by atoms with Crippen LogP contribution in [0, 0.1) is 11.3 Å². The standard InChI is InChI=1S/C20H14ClN3O3/c1-27-20(26)18-17(23)13(10-22)11-24(18)16-5-3-2-4-15(16)19(25)12-6-8-14(21)9-7-12/h2-9,11H,23H2,1H3. The number of ketones is 1. The summed E-state index contributed by atoms with van der Waals surface area (Å²) in [6.45, 7) is 0. The highest BCUT2D eigenvalue weighted by atomic mass is 35.5. The highest BCUT2D eigenvalue weighted by molar-refractivity contribution is 6.30. The van der Waals surface area contributed by atoms with Crippen molar-refractivity contribution in [3.05, 3.63) is 82.1 Å². The van der Waals surface area contributed by atoms with Crippen molar-refractivity contribution < 1.29 is 14.3 Å². The second-order valence-corrected chi connectivity index (χ2v) is 6.07. The van der Waals surface area contributed by atoms with E-state index in [0.29, 0.717) is 21.8 Å². The first-order valence-electron chi connectivity index (χ1n) is 7.86. The Kier molecular flexibility index (Phi) is 4.97. The molecule has 2 aromatic carbocycles. The summed E-state index contributed by atoms with van der Waals surface area (Å²) in [5, 5.41) is 9.78. The van der Waals surface area contributed by atoms with Crippen LogP contribution in [-0.4, -0.2) is 23.4 Å². The fraction of sp³-hybridized carbons (Fsp3) is 0.0500. The number of nitrogens with zero attached hydrogens (tertiary/aromatic N) is 2. The summed E-state index contributed by atoms with van der Waals surface area (Å²) in [6.07, 6.45) is 1.41. The van der Waals surface area contributed by atoms with E-state index in [1.807, 2.05) is 6.07 Å². The van der Waals surface area contributed by atoms with Crippen LogP contribution in [0.15, 0.2) is 54.7 Å². The second kappa shape index (κ2) is 7.36. The molecule has 0 atom stereocenters. The number of esters is 1. The first kappa shape index (κ1) is 18.2. The summed E-state index contributed by atoms with van der Waals surface area (Å²) in [4.78, 5) is 25.2. The molecule has 0 unspecified atom stereocenters. The molecule has 0 aliphatic rings. The van der Waals surface area contributed by atoms with Gasteiger partial charge in [0.2, 0.25) is 0 Å². The Morgan fingerprint density at radius 1 is 1.15 bits per heavy atom. The molecule has 1 heterocycles. The molecule has 0 spiro atoms. The number of nitrogens with two attached hydrogens (primary N) is 1. The van der Waals surface area contributed by atoms with Gasteiger partial charge in [-0.2, -0.15) is 5.26 Å². The number of hydrogen-bond donors (Lipinski definition) is 1. The van der Waals surface area contributed by atoms with Gasteiger partial charge in [0, 0.05) is 22.3 Å². The fourth-order valence-electron chi connectivity index (χ4n) is 2.74. The molecule has 0 aliphatic carbocycles. The van der Waals surface area contributed by atoms with Crippen molar-refractivity contribution in [1.82, 2.24) is 4.57 Å². The van der Waals surface area contributed by atoms with E-state index in [-0.39, 0.29) is 22.7 Å². The molecule has 2 N–H and O–H groups in total. The number of anilines is 1. The van der Waals surface area contributed by atoms with Crippen LogP contribution in [0.4, 0.5) is 5.69 Å². The van der Waals surface area contributed by atoms with Crippen molar-refractivity contribution in [2.45, 2.75) is 0 Å². The number of rotatable bonds is 4. The zero-order valence-electron chi connectivity index (χ0n) is 14.3. The van der Waals surface area contributed by atoms with Crippen LogP contribution in [0.1, 0.15) is 32.0 Å². The predicted molar refractivity (Wildman–Crippen MR) is 101 cm³/mol. The van der Waals surface area contributed by atoms with Gasteiger partial charge in [-0.1, -0.05) is 23.7 Å². The molecule has 0 amide bonds. The van der Waals surface area contributed by atoms with E-state index in [4.69, 9.17) is 22.1 Å². The van der Waals surface area contributed by atoms with Crippen LogP contribution in [-0.2, 0) is 4.74 Å². The van der Waals surface area contributed by atoms with Gasteiger partial charge in [0.05, 0.1) is 24.0 Å². The normalized spacial score (nSPS) is 10.3. The molecule has 0 saturated heterocycles. The molecule has 3 aromatic rings. The van der Waals surface area contributed by atoms with Crippen LogP contribution < -0.4 is 5.73 Å². The third-order valence-electron chi connectivity index (χ3n) is 4.06. The molecule has 1 aromatic heterocycles. The maximum atomic E-state index is 13.0. The number of para-hydroxylation sites is 1. The number of benzene rings is 2. The number of hydrogen-bond acceptors (Lipinski definition) is 5. The minimum absolute atomic E-state index is 0.00176. The Hall–Kier alpha value is -3.56. The van der Waals surface area contributed by atoms with Gasteiger partial charge < -0.3 is 15.0 Å². The topological polar surface area (TPSA) is 98.1 Å². The Bertz CT molecular complexity index is 1080. The lowest BCUT2D eigenvalue weighted by Crippen LogP contribution is -2.14. The molecular weight excluding hydrogens is 366 g/mol. The zero-order chi connectivity index (χ0) is 19.6. The molecule has 27 heavy (non-hydrogen) atoms. The minimum atomic E-state index is -0.706. The molecule has 0 aliphatic heterocycles. The fourth-order valence-corrected chi connectivity index (χ4v) is 2.86. The number of nitriles is 1. The lowest BCUT2D eigenvalue weighted by atomic mass is 10.0. The zero-order valence-corrected chi connectivity index (χ0v) is 15.0. The van der Waals surface area contributed by atoms with Crippen molar-refractivity contribution in [1.29, 1.82) is 5.26 Å². The van der Waals surface area contributed by atoms with Crippen molar-refractivity contribution in [2.75, 3.05) is 12.8 Å². The average Bonchev–Trinajstić information content (AvgIpc) is 3.03. The number of aromatic nitrogens is 1. The van der Waals surface area contributed by atoms with Crippen LogP contribution in [0.25, 0.3) is 5.69 Å². The van der Waals surface area contributed by atoms with Gasteiger partial charge in [-0.3, -0.25) is 4.79 Å². The Labute approximate surface area is 160 Å². The summed E-state index contributed by atoms with van der Waals surface area (Å²) in [5.41, 5.74) is 7.23. The van der Waals surface area contributed by atoms with E-state index in [0.717, 1.165) is 0 Å². The monoisotopic (exact) mass is 379 g/mol. The summed E-state index contributed by atoms with van der Waals surface area (Å²) in [7, 11) is 1.22. The molecule has 0 radical (unpaired) electrons. The Balaban J connectivity index is 2.21. The lowest BCUT2D eigenvalue weighted by Gasteiger charge is -2.13. The molecule has 0 bridgehead atoms. The quantitative estimate of drug-likeness (QED) is 0.551. The van der Waals surface area contributed by atoms with E-state index < -0.39 is 5.97 Å². The maximum absolute atomic E-state index is 13.0. The van der Waals surface area contributed by atoms with Gasteiger partial charge in [-0.05, 0) is 36.4 Å². The molecule has 0 saturated carbocycles. The number of ether oxygens (including phenoxy) is 1. The van der Waals surface area contributed by atoms with Gasteiger partial charge in [0.25, 0.3) is 0 Å². The predicted octanol–water partition coefficient (Wildman–Crippen LogP) is 3.60. The lowest BCUT2D eigenvalue weighted by molar-refractivity contribution is 0.0592. The number of carbonyl (C=O) groups is 2. The van der Waals surface area contributed by atoms with E-state index >= 15 is 0 Å². The van der Waals surface area contributed by atoms with Crippen molar-refractivity contribution in [2.24, 2.45) is 0 Å². The van der Waals surface area contributed by atoms with Crippen molar-refractivity contribution in [3.63, 3.8) is 0 Å². The summed E-state index contributed by atoms with van der Waals surface area (Å²) in [6, 6.07) is 15.2. The maximum Gasteiger partial charge on any atom is 0.357 e. The summed E-state index contributed by atoms with van der Waals surface area (Å²) in [5.74, 6) is -0.966. The first-order valence-corrected chi connectivity index (χ1v) is 8.24. The average molecular weight is 380 g/mol. The molecule has 134 valence electrons. The highest BCUT2D eigenvalue weighted by Gasteiger charge is 2.24. The molecule has 6 nitrogen and oxygen atoms in total. The first-order chi connectivity index (χ1) is 13.0. The number of carbonyl (C=O) groups excluding carboxylic acids is 2. The summed E-state index contributed by atoms with van der Waals surface area (Å²) >= 11 is 5.89. The van der Waals surface area contributed by atoms with E-state index in [2.05, 4.69) is 0 Å². The van der Waals surface area contributed by atoms with E-state index in [1.54, 1.807) is 48.5 Å². The smallest absolute Gasteiger partial charge is 0.357 e. The van der Waals surface area contributed by atoms with Crippen LogP contribution >= 0.6 is 11.6 Å².